The summed E-state index contributed by atoms with van der Waals surface area (Å²) in [6.07, 6.45) is 8.23. The van der Waals surface area contributed by atoms with Crippen LogP contribution >= 0.6 is 0 Å². The number of carbonyl (C=O) groups is 2. The molecule has 21 heavy (non-hydrogen) atoms. The highest BCUT2D eigenvalue weighted by Crippen LogP contribution is 2.34. The average Bonchev–Trinajstić information content (AvgIpc) is 2.62. The summed E-state index contributed by atoms with van der Waals surface area (Å²) in [4.78, 5) is 26.2. The van der Waals surface area contributed by atoms with Gasteiger partial charge in [-0.3, -0.25) is 4.79 Å². The Morgan fingerprint density at radius 1 is 1.33 bits per heavy atom. The molecule has 1 N–H and O–H groups in total. The fourth-order valence-electron chi connectivity index (χ4n) is 2.82. The first-order chi connectivity index (χ1) is 9.75. The van der Waals surface area contributed by atoms with Crippen LogP contribution < -0.4 is 0 Å². The molecule has 0 saturated carbocycles. The smallest absolute Gasteiger partial charge is 0.323 e. The van der Waals surface area contributed by atoms with Crippen molar-refractivity contribution in [3.05, 3.63) is 0 Å². The predicted octanol–water partition coefficient (Wildman–Crippen LogP) is 2.27. The Morgan fingerprint density at radius 2 is 2.00 bits per heavy atom. The van der Waals surface area contributed by atoms with Crippen molar-refractivity contribution >= 4 is 12.0 Å². The van der Waals surface area contributed by atoms with Crippen LogP contribution in [0.25, 0.3) is 0 Å². The second-order valence-corrected chi connectivity index (χ2v) is 6.72. The Labute approximate surface area is 127 Å². The topological polar surface area (TPSA) is 60.9 Å². The van der Waals surface area contributed by atoms with Crippen molar-refractivity contribution in [2.45, 2.75) is 40.0 Å². The molecule has 0 bridgehead atoms. The number of aliphatic carboxylic acids is 1. The van der Waals surface area contributed by atoms with Crippen molar-refractivity contribution in [3.8, 4) is 12.3 Å². The van der Waals surface area contributed by atoms with Gasteiger partial charge in [0, 0.05) is 13.1 Å². The number of hydrogen-bond acceptors (Lipinski definition) is 2. The zero-order chi connectivity index (χ0) is 16.0. The first-order valence-corrected chi connectivity index (χ1v) is 7.44. The summed E-state index contributed by atoms with van der Waals surface area (Å²) in [5.41, 5.74) is 0.235. The fourth-order valence-corrected chi connectivity index (χ4v) is 2.82. The summed E-state index contributed by atoms with van der Waals surface area (Å²) in [6.45, 7) is 7.71. The number of nitrogens with zero attached hydrogens (tertiary/aromatic N) is 2. The number of urea groups is 1. The van der Waals surface area contributed by atoms with E-state index in [4.69, 9.17) is 11.5 Å². The number of carboxylic acid groups (broad SMARTS) is 1. The van der Waals surface area contributed by atoms with Crippen molar-refractivity contribution in [2.24, 2.45) is 11.3 Å². The first kappa shape index (κ1) is 17.4. The maximum atomic E-state index is 12.4. The third kappa shape index (κ3) is 5.30. The number of carbonyl (C=O) groups excluding carboxylic acids is 1. The van der Waals surface area contributed by atoms with Gasteiger partial charge < -0.3 is 14.9 Å². The molecular weight excluding hydrogens is 268 g/mol. The van der Waals surface area contributed by atoms with E-state index in [0.29, 0.717) is 19.0 Å². The monoisotopic (exact) mass is 294 g/mol. The Bertz CT molecular complexity index is 420. The summed E-state index contributed by atoms with van der Waals surface area (Å²) in [5.74, 6) is 1.90. The van der Waals surface area contributed by atoms with E-state index in [1.54, 1.807) is 4.90 Å². The molecule has 0 aliphatic carbocycles. The number of likely N-dealkylation sites (tertiary alicyclic amines) is 1. The van der Waals surface area contributed by atoms with Crippen molar-refractivity contribution in [3.63, 3.8) is 0 Å². The summed E-state index contributed by atoms with van der Waals surface area (Å²) in [7, 11) is 0. The molecule has 0 spiro atoms. The third-order valence-electron chi connectivity index (χ3n) is 4.10. The second-order valence-electron chi connectivity index (χ2n) is 6.72. The van der Waals surface area contributed by atoms with Crippen LogP contribution in [0.4, 0.5) is 4.79 Å². The minimum atomic E-state index is -1.04. The van der Waals surface area contributed by atoms with E-state index in [-0.39, 0.29) is 24.5 Å². The molecule has 5 nitrogen and oxygen atoms in total. The molecule has 5 heteroatoms. The van der Waals surface area contributed by atoms with Gasteiger partial charge in [0.05, 0.1) is 6.54 Å². The molecule has 1 heterocycles. The van der Waals surface area contributed by atoms with Crippen LogP contribution in [0.1, 0.15) is 40.0 Å². The number of carboxylic acids is 1. The third-order valence-corrected chi connectivity index (χ3v) is 4.10. The van der Waals surface area contributed by atoms with Crippen molar-refractivity contribution in [1.82, 2.24) is 9.80 Å². The quantitative estimate of drug-likeness (QED) is 0.812. The lowest BCUT2D eigenvalue weighted by atomic mass is 9.77. The normalized spacial score (nSPS) is 19.5. The van der Waals surface area contributed by atoms with E-state index in [9.17, 15) is 9.59 Å². The van der Waals surface area contributed by atoms with Crippen molar-refractivity contribution < 1.29 is 14.7 Å². The van der Waals surface area contributed by atoms with Crippen LogP contribution in [0.15, 0.2) is 0 Å². The van der Waals surface area contributed by atoms with Gasteiger partial charge in [-0.2, -0.15) is 0 Å². The lowest BCUT2D eigenvalue weighted by Crippen LogP contribution is -2.46. The van der Waals surface area contributed by atoms with Crippen molar-refractivity contribution in [1.29, 1.82) is 0 Å². The standard InChI is InChI=1S/C16H26N2O3/c1-5-9-18(12-14(19)20)15(21)17-10-6-7-13(8-11-17)16(2,3)4/h1,13H,6-12H2,2-4H3,(H,19,20). The largest absolute Gasteiger partial charge is 0.480 e. The highest BCUT2D eigenvalue weighted by Gasteiger charge is 2.30. The number of terminal acetylenes is 1. The van der Waals surface area contributed by atoms with Gasteiger partial charge in [0.1, 0.15) is 6.54 Å². The second kappa shape index (κ2) is 7.35. The van der Waals surface area contributed by atoms with Crippen LogP contribution in [0.5, 0.6) is 0 Å². The zero-order valence-electron chi connectivity index (χ0n) is 13.3. The molecule has 1 aliphatic rings. The molecule has 1 unspecified atom stereocenters. The van der Waals surface area contributed by atoms with E-state index in [1.807, 2.05) is 0 Å². The molecule has 118 valence electrons. The molecule has 1 fully saturated rings. The highest BCUT2D eigenvalue weighted by molar-refractivity contribution is 5.80. The van der Waals surface area contributed by atoms with Gasteiger partial charge in [-0.25, -0.2) is 4.79 Å². The van der Waals surface area contributed by atoms with E-state index >= 15 is 0 Å². The van der Waals surface area contributed by atoms with Gasteiger partial charge in [0.2, 0.25) is 0 Å². The van der Waals surface area contributed by atoms with Gasteiger partial charge in [-0.1, -0.05) is 26.7 Å². The van der Waals surface area contributed by atoms with Crippen LogP contribution in [-0.2, 0) is 4.79 Å². The van der Waals surface area contributed by atoms with E-state index in [1.165, 1.54) is 4.90 Å². The molecule has 1 aliphatic heterocycles. The predicted molar refractivity (Wildman–Crippen MR) is 81.8 cm³/mol. The Balaban J connectivity index is 2.69. The fraction of sp³-hybridized carbons (Fsp3) is 0.750. The number of rotatable bonds is 3. The Morgan fingerprint density at radius 3 is 2.52 bits per heavy atom. The molecule has 1 rings (SSSR count). The lowest BCUT2D eigenvalue weighted by molar-refractivity contribution is -0.137. The maximum absolute atomic E-state index is 12.4. The van der Waals surface area contributed by atoms with E-state index in [0.717, 1.165) is 19.3 Å². The van der Waals surface area contributed by atoms with E-state index < -0.39 is 5.97 Å². The molecule has 0 radical (unpaired) electrons. The van der Waals surface area contributed by atoms with Gasteiger partial charge in [0.25, 0.3) is 0 Å². The zero-order valence-corrected chi connectivity index (χ0v) is 13.3. The molecular formula is C16H26N2O3. The summed E-state index contributed by atoms with van der Waals surface area (Å²) < 4.78 is 0. The lowest BCUT2D eigenvalue weighted by Gasteiger charge is -2.30. The molecule has 1 saturated heterocycles. The minimum absolute atomic E-state index is 0.0321. The highest BCUT2D eigenvalue weighted by atomic mass is 16.4. The average molecular weight is 294 g/mol. The van der Waals surface area contributed by atoms with Gasteiger partial charge in [0.15, 0.2) is 0 Å². The van der Waals surface area contributed by atoms with E-state index in [2.05, 4.69) is 26.7 Å². The van der Waals surface area contributed by atoms with Crippen molar-refractivity contribution in [2.75, 3.05) is 26.2 Å². The Kier molecular flexibility index (Phi) is 6.07. The summed E-state index contributed by atoms with van der Waals surface area (Å²) in [6, 6.07) is -0.259. The van der Waals surface area contributed by atoms with Gasteiger partial charge in [-0.05, 0) is 30.6 Å². The molecule has 2 amide bonds. The Hall–Kier alpha value is -1.70. The molecule has 0 aromatic carbocycles. The van der Waals surface area contributed by atoms with Gasteiger partial charge in [-0.15, -0.1) is 6.42 Å². The first-order valence-electron chi connectivity index (χ1n) is 7.44. The van der Waals surface area contributed by atoms with Crippen LogP contribution in [0.3, 0.4) is 0 Å². The summed E-state index contributed by atoms with van der Waals surface area (Å²) >= 11 is 0. The number of hydrogen-bond donors (Lipinski definition) is 1. The number of amides is 2. The maximum Gasteiger partial charge on any atom is 0.323 e. The van der Waals surface area contributed by atoms with Crippen LogP contribution in [-0.4, -0.2) is 53.1 Å². The van der Waals surface area contributed by atoms with Gasteiger partial charge >= 0.3 is 12.0 Å². The minimum Gasteiger partial charge on any atom is -0.480 e. The summed E-state index contributed by atoms with van der Waals surface area (Å²) in [5, 5.41) is 8.88. The molecule has 0 aromatic rings. The SMILES string of the molecule is C#CCN(CC(=O)O)C(=O)N1CCCC(C(C)(C)C)CC1. The van der Waals surface area contributed by atoms with Crippen LogP contribution in [0, 0.1) is 23.7 Å². The molecule has 0 aromatic heterocycles. The molecule has 1 atom stereocenters. The van der Waals surface area contributed by atoms with Crippen LogP contribution in [0.2, 0.25) is 0 Å².